The Hall–Kier alpha value is -1.59. The maximum Gasteiger partial charge on any atom is 0.341 e. The molecule has 0 aliphatic carbocycles. The minimum atomic E-state index is -2.10. The Kier molecular flexibility index (Phi) is 3.28. The van der Waals surface area contributed by atoms with E-state index < -0.39 is 18.1 Å². The third kappa shape index (κ3) is 1.93. The SMILES string of the molecule is COc1ccccc1C(O)(CN)C(=O)O. The molecule has 0 spiro atoms. The molecule has 0 fully saturated rings. The van der Waals surface area contributed by atoms with Crippen molar-refractivity contribution in [1.82, 2.24) is 0 Å². The van der Waals surface area contributed by atoms with E-state index in [1.807, 2.05) is 0 Å². The van der Waals surface area contributed by atoms with Crippen molar-refractivity contribution in [1.29, 1.82) is 0 Å². The first-order chi connectivity index (χ1) is 7.06. The molecule has 0 aromatic heterocycles. The Morgan fingerprint density at radius 3 is 2.60 bits per heavy atom. The van der Waals surface area contributed by atoms with Crippen LogP contribution in [0.2, 0.25) is 0 Å². The highest BCUT2D eigenvalue weighted by Crippen LogP contribution is 2.29. The van der Waals surface area contributed by atoms with Crippen molar-refractivity contribution in [2.45, 2.75) is 5.60 Å². The molecule has 4 N–H and O–H groups in total. The third-order valence-electron chi connectivity index (χ3n) is 2.20. The van der Waals surface area contributed by atoms with Crippen LogP contribution >= 0.6 is 0 Å². The number of aliphatic hydroxyl groups is 1. The van der Waals surface area contributed by atoms with Crippen LogP contribution in [0.4, 0.5) is 0 Å². The number of hydrogen-bond acceptors (Lipinski definition) is 4. The minimum Gasteiger partial charge on any atom is -0.496 e. The van der Waals surface area contributed by atoms with Gasteiger partial charge in [0.25, 0.3) is 0 Å². The predicted molar refractivity (Wildman–Crippen MR) is 53.6 cm³/mol. The molecule has 0 heterocycles. The molecule has 0 saturated carbocycles. The number of methoxy groups -OCH3 is 1. The lowest BCUT2D eigenvalue weighted by Gasteiger charge is -2.23. The molecule has 5 heteroatoms. The zero-order valence-corrected chi connectivity index (χ0v) is 8.30. The number of carboxylic acid groups (broad SMARTS) is 1. The van der Waals surface area contributed by atoms with Gasteiger partial charge >= 0.3 is 5.97 Å². The van der Waals surface area contributed by atoms with E-state index in [0.717, 1.165) is 0 Å². The van der Waals surface area contributed by atoms with Crippen molar-refractivity contribution in [3.05, 3.63) is 29.8 Å². The summed E-state index contributed by atoms with van der Waals surface area (Å²) in [4.78, 5) is 10.9. The molecule has 0 aliphatic rings. The van der Waals surface area contributed by atoms with Crippen molar-refractivity contribution in [3.63, 3.8) is 0 Å². The highest BCUT2D eigenvalue weighted by atomic mass is 16.5. The first-order valence-corrected chi connectivity index (χ1v) is 4.35. The second kappa shape index (κ2) is 4.29. The molecular weight excluding hydrogens is 198 g/mol. The standard InChI is InChI=1S/C10H13NO4/c1-15-8-5-3-2-4-7(8)10(14,6-11)9(12)13/h2-5,14H,6,11H2,1H3,(H,12,13). The smallest absolute Gasteiger partial charge is 0.341 e. The number of aliphatic carboxylic acids is 1. The Labute approximate surface area is 87.1 Å². The summed E-state index contributed by atoms with van der Waals surface area (Å²) in [6.07, 6.45) is 0. The first-order valence-electron chi connectivity index (χ1n) is 4.35. The fourth-order valence-corrected chi connectivity index (χ4v) is 1.30. The lowest BCUT2D eigenvalue weighted by atomic mass is 9.93. The fraction of sp³-hybridized carbons (Fsp3) is 0.300. The molecule has 1 rings (SSSR count). The van der Waals surface area contributed by atoms with Crippen molar-refractivity contribution < 1.29 is 19.7 Å². The van der Waals surface area contributed by atoms with Gasteiger partial charge in [-0.25, -0.2) is 4.79 Å². The summed E-state index contributed by atoms with van der Waals surface area (Å²) in [6, 6.07) is 6.33. The van der Waals surface area contributed by atoms with Gasteiger partial charge in [0.1, 0.15) is 5.75 Å². The van der Waals surface area contributed by atoms with Crippen molar-refractivity contribution in [2.75, 3.05) is 13.7 Å². The second-order valence-electron chi connectivity index (χ2n) is 3.07. The van der Waals surface area contributed by atoms with E-state index >= 15 is 0 Å². The molecule has 82 valence electrons. The summed E-state index contributed by atoms with van der Waals surface area (Å²) in [7, 11) is 1.40. The molecule has 1 aromatic carbocycles. The van der Waals surface area contributed by atoms with E-state index in [0.29, 0.717) is 5.75 Å². The number of carboxylic acids is 1. The largest absolute Gasteiger partial charge is 0.496 e. The lowest BCUT2D eigenvalue weighted by Crippen LogP contribution is -2.43. The van der Waals surface area contributed by atoms with Crippen LogP contribution in [0.15, 0.2) is 24.3 Å². The van der Waals surface area contributed by atoms with Crippen molar-refractivity contribution >= 4 is 5.97 Å². The topological polar surface area (TPSA) is 92.8 Å². The van der Waals surface area contributed by atoms with E-state index in [9.17, 15) is 9.90 Å². The normalized spacial score (nSPS) is 14.3. The molecule has 1 atom stereocenters. The predicted octanol–water partition coefficient (Wildman–Crippen LogP) is -0.0739. The van der Waals surface area contributed by atoms with Crippen LogP contribution < -0.4 is 10.5 Å². The van der Waals surface area contributed by atoms with Gasteiger partial charge in [0.15, 0.2) is 0 Å². The van der Waals surface area contributed by atoms with Crippen LogP contribution in [0.5, 0.6) is 5.75 Å². The van der Waals surface area contributed by atoms with Gasteiger partial charge in [-0.3, -0.25) is 0 Å². The number of carbonyl (C=O) groups is 1. The summed E-state index contributed by atoms with van der Waals surface area (Å²) in [5, 5.41) is 18.8. The highest BCUT2D eigenvalue weighted by molar-refractivity contribution is 5.80. The Balaban J connectivity index is 3.29. The molecular formula is C10H13NO4. The summed E-state index contributed by atoms with van der Waals surface area (Å²) in [5.41, 5.74) is 3.33. The number of ether oxygens (including phenoxy) is 1. The quantitative estimate of drug-likeness (QED) is 0.648. The number of rotatable bonds is 4. The average molecular weight is 211 g/mol. The Bertz CT molecular complexity index is 366. The summed E-state index contributed by atoms with van der Waals surface area (Å²) in [5.74, 6) is -1.10. The molecule has 5 nitrogen and oxygen atoms in total. The fourth-order valence-electron chi connectivity index (χ4n) is 1.30. The number of nitrogens with two attached hydrogens (primary N) is 1. The number of hydrogen-bond donors (Lipinski definition) is 3. The molecule has 1 unspecified atom stereocenters. The van der Waals surface area contributed by atoms with E-state index in [-0.39, 0.29) is 5.56 Å². The van der Waals surface area contributed by atoms with Crippen LogP contribution in [0.1, 0.15) is 5.56 Å². The summed E-state index contributed by atoms with van der Waals surface area (Å²) >= 11 is 0. The van der Waals surface area contributed by atoms with Crippen molar-refractivity contribution in [3.8, 4) is 5.75 Å². The third-order valence-corrected chi connectivity index (χ3v) is 2.20. The van der Waals surface area contributed by atoms with E-state index in [4.69, 9.17) is 15.6 Å². The minimum absolute atomic E-state index is 0.155. The van der Waals surface area contributed by atoms with E-state index in [1.54, 1.807) is 18.2 Å². The van der Waals surface area contributed by atoms with E-state index in [1.165, 1.54) is 13.2 Å². The second-order valence-corrected chi connectivity index (χ2v) is 3.07. The van der Waals surface area contributed by atoms with Gasteiger partial charge in [0, 0.05) is 12.1 Å². The highest BCUT2D eigenvalue weighted by Gasteiger charge is 2.38. The maximum absolute atomic E-state index is 10.9. The molecule has 0 amide bonds. The van der Waals surface area contributed by atoms with Crippen LogP contribution in [-0.4, -0.2) is 29.8 Å². The van der Waals surface area contributed by atoms with Gasteiger partial charge in [0.05, 0.1) is 7.11 Å². The molecule has 0 aliphatic heterocycles. The van der Waals surface area contributed by atoms with Crippen LogP contribution in [0, 0.1) is 0 Å². The van der Waals surface area contributed by atoms with Crippen LogP contribution in [0.3, 0.4) is 0 Å². The summed E-state index contributed by atoms with van der Waals surface area (Å²) < 4.78 is 4.96. The Morgan fingerprint density at radius 1 is 1.53 bits per heavy atom. The van der Waals surface area contributed by atoms with Gasteiger partial charge in [-0.1, -0.05) is 18.2 Å². The van der Waals surface area contributed by atoms with Gasteiger partial charge in [-0.05, 0) is 6.07 Å². The van der Waals surface area contributed by atoms with Gasteiger partial charge in [-0.2, -0.15) is 0 Å². The molecule has 0 bridgehead atoms. The Morgan fingerprint density at radius 2 is 2.13 bits per heavy atom. The maximum atomic E-state index is 10.9. The lowest BCUT2D eigenvalue weighted by molar-refractivity contribution is -0.158. The first kappa shape index (κ1) is 11.5. The number of para-hydroxylation sites is 1. The molecule has 0 radical (unpaired) electrons. The van der Waals surface area contributed by atoms with Gasteiger partial charge < -0.3 is 20.7 Å². The van der Waals surface area contributed by atoms with Crippen LogP contribution in [0.25, 0.3) is 0 Å². The van der Waals surface area contributed by atoms with Crippen molar-refractivity contribution in [2.24, 2.45) is 5.73 Å². The monoisotopic (exact) mass is 211 g/mol. The van der Waals surface area contributed by atoms with Crippen LogP contribution in [-0.2, 0) is 10.4 Å². The summed E-state index contributed by atoms with van der Waals surface area (Å²) in [6.45, 7) is -0.414. The molecule has 1 aromatic rings. The van der Waals surface area contributed by atoms with Gasteiger partial charge in [0.2, 0.25) is 5.60 Å². The van der Waals surface area contributed by atoms with E-state index in [2.05, 4.69) is 0 Å². The number of benzene rings is 1. The zero-order valence-electron chi connectivity index (χ0n) is 8.30. The average Bonchev–Trinajstić information content (AvgIpc) is 2.27. The molecule has 0 saturated heterocycles. The zero-order chi connectivity index (χ0) is 11.5. The van der Waals surface area contributed by atoms with Gasteiger partial charge in [-0.15, -0.1) is 0 Å². The molecule has 15 heavy (non-hydrogen) atoms.